The second-order valence-corrected chi connectivity index (χ2v) is 3.92. The van der Waals surface area contributed by atoms with E-state index in [0.717, 1.165) is 11.0 Å². The van der Waals surface area contributed by atoms with E-state index in [-0.39, 0.29) is 17.1 Å². The fraction of sp³-hybridized carbons (Fsp3) is 0.167. The van der Waals surface area contributed by atoms with E-state index in [1.54, 1.807) is 0 Å². The first kappa shape index (κ1) is 12.7. The van der Waals surface area contributed by atoms with Crippen molar-refractivity contribution in [3.63, 3.8) is 0 Å². The summed E-state index contributed by atoms with van der Waals surface area (Å²) in [5, 5.41) is 10.9. The number of hydrogen-bond donors (Lipinski definition) is 0. The van der Waals surface area contributed by atoms with Gasteiger partial charge in [0, 0.05) is 17.7 Å². The van der Waals surface area contributed by atoms with Gasteiger partial charge in [0.1, 0.15) is 0 Å². The molecule has 0 bridgehead atoms. The van der Waals surface area contributed by atoms with Crippen LogP contribution in [0.25, 0.3) is 0 Å². The Hall–Kier alpha value is -2.70. The van der Waals surface area contributed by atoms with Crippen LogP contribution in [-0.4, -0.2) is 23.8 Å². The van der Waals surface area contributed by atoms with Crippen molar-refractivity contribution < 1.29 is 19.2 Å². The van der Waals surface area contributed by atoms with Gasteiger partial charge in [0.15, 0.2) is 5.75 Å². The Kier molecular flexibility index (Phi) is 3.04. The van der Waals surface area contributed by atoms with Crippen molar-refractivity contribution >= 4 is 23.2 Å². The summed E-state index contributed by atoms with van der Waals surface area (Å²) in [6.45, 7) is 1.51. The zero-order valence-corrected chi connectivity index (χ0v) is 10.2. The molecule has 1 heterocycles. The van der Waals surface area contributed by atoms with Crippen molar-refractivity contribution in [2.45, 2.75) is 6.92 Å². The lowest BCUT2D eigenvalue weighted by Gasteiger charge is -2.14. The number of hydrogen-bond acceptors (Lipinski definition) is 5. The highest BCUT2D eigenvalue weighted by Gasteiger charge is 2.31. The highest BCUT2D eigenvalue weighted by Crippen LogP contribution is 2.33. The molecular weight excluding hydrogens is 252 g/mol. The van der Waals surface area contributed by atoms with Crippen molar-refractivity contribution in [2.24, 2.45) is 0 Å². The third-order valence-corrected chi connectivity index (χ3v) is 2.72. The second-order valence-electron chi connectivity index (χ2n) is 3.92. The SMILES string of the molecule is COc1ccc(N2C(=O)C=C(C)C2=O)cc1[N+](=O)[O-]. The molecule has 19 heavy (non-hydrogen) atoms. The van der Waals surface area contributed by atoms with Gasteiger partial charge in [0.25, 0.3) is 11.8 Å². The highest BCUT2D eigenvalue weighted by molar-refractivity contribution is 6.30. The summed E-state index contributed by atoms with van der Waals surface area (Å²) in [6, 6.07) is 3.91. The van der Waals surface area contributed by atoms with E-state index in [0.29, 0.717) is 5.57 Å². The van der Waals surface area contributed by atoms with Gasteiger partial charge in [-0.2, -0.15) is 0 Å². The molecule has 1 aliphatic heterocycles. The number of carbonyl (C=O) groups is 2. The minimum atomic E-state index is -0.631. The first-order valence-electron chi connectivity index (χ1n) is 5.35. The largest absolute Gasteiger partial charge is 0.490 e. The molecule has 0 saturated carbocycles. The summed E-state index contributed by atoms with van der Waals surface area (Å²) >= 11 is 0. The summed E-state index contributed by atoms with van der Waals surface area (Å²) in [7, 11) is 1.31. The van der Waals surface area contributed by atoms with Gasteiger partial charge in [-0.25, -0.2) is 4.90 Å². The predicted molar refractivity (Wildman–Crippen MR) is 65.9 cm³/mol. The van der Waals surface area contributed by atoms with E-state index in [1.165, 1.54) is 32.2 Å². The van der Waals surface area contributed by atoms with Gasteiger partial charge in [0.2, 0.25) is 0 Å². The minimum Gasteiger partial charge on any atom is -0.490 e. The average molecular weight is 262 g/mol. The zero-order valence-electron chi connectivity index (χ0n) is 10.2. The van der Waals surface area contributed by atoms with Crippen LogP contribution < -0.4 is 9.64 Å². The molecule has 0 spiro atoms. The Bertz CT molecular complexity index is 621. The average Bonchev–Trinajstić information content (AvgIpc) is 2.62. The van der Waals surface area contributed by atoms with Crippen LogP contribution in [0.15, 0.2) is 29.8 Å². The van der Waals surface area contributed by atoms with E-state index < -0.39 is 16.7 Å². The summed E-state index contributed by atoms with van der Waals surface area (Å²) in [5.74, 6) is -0.927. The van der Waals surface area contributed by atoms with Crippen LogP contribution in [0, 0.1) is 10.1 Å². The lowest BCUT2D eigenvalue weighted by Crippen LogP contribution is -2.30. The smallest absolute Gasteiger partial charge is 0.313 e. The number of nitro benzene ring substituents is 1. The van der Waals surface area contributed by atoms with E-state index >= 15 is 0 Å². The van der Waals surface area contributed by atoms with Crippen molar-refractivity contribution in [3.8, 4) is 5.75 Å². The number of benzene rings is 1. The van der Waals surface area contributed by atoms with Crippen LogP contribution in [0.4, 0.5) is 11.4 Å². The van der Waals surface area contributed by atoms with Gasteiger partial charge in [-0.05, 0) is 19.1 Å². The van der Waals surface area contributed by atoms with Crippen molar-refractivity contribution in [2.75, 3.05) is 12.0 Å². The Labute approximate surface area is 108 Å². The van der Waals surface area contributed by atoms with E-state index in [9.17, 15) is 19.7 Å². The van der Waals surface area contributed by atoms with Gasteiger partial charge in [-0.3, -0.25) is 19.7 Å². The van der Waals surface area contributed by atoms with Crippen LogP contribution in [-0.2, 0) is 9.59 Å². The number of amides is 2. The fourth-order valence-electron chi connectivity index (χ4n) is 1.79. The molecule has 7 nitrogen and oxygen atoms in total. The highest BCUT2D eigenvalue weighted by atomic mass is 16.6. The van der Waals surface area contributed by atoms with Crippen LogP contribution in [0.1, 0.15) is 6.92 Å². The van der Waals surface area contributed by atoms with Crippen LogP contribution in [0.5, 0.6) is 5.75 Å². The molecule has 0 N–H and O–H groups in total. The maximum Gasteiger partial charge on any atom is 0.313 e. The third kappa shape index (κ3) is 2.05. The maximum absolute atomic E-state index is 11.8. The Balaban J connectivity index is 2.48. The molecule has 0 unspecified atom stereocenters. The number of methoxy groups -OCH3 is 1. The lowest BCUT2D eigenvalue weighted by atomic mass is 10.2. The van der Waals surface area contributed by atoms with Crippen LogP contribution >= 0.6 is 0 Å². The minimum absolute atomic E-state index is 0.0672. The second kappa shape index (κ2) is 4.52. The summed E-state index contributed by atoms with van der Waals surface area (Å²) < 4.78 is 4.86. The summed E-state index contributed by atoms with van der Waals surface area (Å²) in [5.41, 5.74) is 0.143. The predicted octanol–water partition coefficient (Wildman–Crippen LogP) is 1.42. The van der Waals surface area contributed by atoms with Gasteiger partial charge < -0.3 is 4.74 Å². The first-order chi connectivity index (χ1) is 8.95. The van der Waals surface area contributed by atoms with Crippen LogP contribution in [0.3, 0.4) is 0 Å². The molecule has 1 aromatic carbocycles. The van der Waals surface area contributed by atoms with Crippen molar-refractivity contribution in [1.82, 2.24) is 0 Å². The maximum atomic E-state index is 11.8. The third-order valence-electron chi connectivity index (χ3n) is 2.72. The number of rotatable bonds is 3. The number of anilines is 1. The molecule has 2 rings (SSSR count). The van der Waals surface area contributed by atoms with E-state index in [1.807, 2.05) is 0 Å². The number of ether oxygens (including phenoxy) is 1. The van der Waals surface area contributed by atoms with Gasteiger partial charge >= 0.3 is 5.69 Å². The quantitative estimate of drug-likeness (QED) is 0.467. The van der Waals surface area contributed by atoms with Gasteiger partial charge in [-0.15, -0.1) is 0 Å². The van der Waals surface area contributed by atoms with Gasteiger partial charge in [-0.1, -0.05) is 0 Å². The van der Waals surface area contributed by atoms with Gasteiger partial charge in [0.05, 0.1) is 17.7 Å². The molecule has 7 heteroatoms. The molecule has 98 valence electrons. The lowest BCUT2D eigenvalue weighted by molar-refractivity contribution is -0.385. The Morgan fingerprint density at radius 3 is 2.47 bits per heavy atom. The number of imide groups is 1. The molecular formula is C12H10N2O5. The van der Waals surface area contributed by atoms with Crippen LogP contribution in [0.2, 0.25) is 0 Å². The monoisotopic (exact) mass is 262 g/mol. The normalized spacial score (nSPS) is 14.6. The number of nitrogens with zero attached hydrogens (tertiary/aromatic N) is 2. The molecule has 1 aliphatic rings. The molecule has 1 aromatic rings. The summed E-state index contributed by atoms with van der Waals surface area (Å²) in [4.78, 5) is 34.6. The Morgan fingerprint density at radius 2 is 2.00 bits per heavy atom. The topological polar surface area (TPSA) is 89.8 Å². The van der Waals surface area contributed by atoms with Crippen molar-refractivity contribution in [1.29, 1.82) is 0 Å². The first-order valence-corrected chi connectivity index (χ1v) is 5.35. The standard InChI is InChI=1S/C12H10N2O5/c1-7-5-11(15)13(12(7)16)8-3-4-10(19-2)9(6-8)14(17)18/h3-6H,1-2H3. The molecule has 0 atom stereocenters. The van der Waals surface area contributed by atoms with Crippen molar-refractivity contribution in [3.05, 3.63) is 40.0 Å². The molecule has 0 fully saturated rings. The summed E-state index contributed by atoms with van der Waals surface area (Å²) in [6.07, 6.45) is 1.19. The Morgan fingerprint density at radius 1 is 1.32 bits per heavy atom. The van der Waals surface area contributed by atoms with E-state index in [4.69, 9.17) is 4.74 Å². The molecule has 0 aromatic heterocycles. The van der Waals surface area contributed by atoms with E-state index in [2.05, 4.69) is 0 Å². The number of carbonyl (C=O) groups excluding carboxylic acids is 2. The molecule has 0 saturated heterocycles. The molecule has 0 aliphatic carbocycles. The fourth-order valence-corrected chi connectivity index (χ4v) is 1.79. The zero-order chi connectivity index (χ0) is 14.2. The molecule has 0 radical (unpaired) electrons. The number of nitro groups is 1. The molecule has 2 amide bonds.